The van der Waals surface area contributed by atoms with Crippen LogP contribution < -0.4 is 10.6 Å². The molecule has 2 aromatic heterocycles. The van der Waals surface area contributed by atoms with Crippen LogP contribution >= 0.6 is 11.6 Å². The minimum absolute atomic E-state index is 0.155. The van der Waals surface area contributed by atoms with E-state index >= 15 is 0 Å². The maximum atomic E-state index is 13.5. The number of aryl methyl sites for hydroxylation is 2. The smallest absolute Gasteiger partial charge is 0.326 e. The van der Waals surface area contributed by atoms with Crippen LogP contribution in [-0.4, -0.2) is 84.0 Å². The van der Waals surface area contributed by atoms with Gasteiger partial charge >= 0.3 is 5.97 Å². The second-order valence-electron chi connectivity index (χ2n) is 10.7. The van der Waals surface area contributed by atoms with Crippen LogP contribution in [0.5, 0.6) is 0 Å². The van der Waals surface area contributed by atoms with Crippen molar-refractivity contribution in [3.63, 3.8) is 0 Å². The Bertz CT molecular complexity index is 1130. The third-order valence-corrected chi connectivity index (χ3v) is 7.73. The van der Waals surface area contributed by atoms with E-state index in [4.69, 9.17) is 21.3 Å². The van der Waals surface area contributed by atoms with Gasteiger partial charge in [-0.15, -0.1) is 0 Å². The first kappa shape index (κ1) is 31.7. The maximum absolute atomic E-state index is 13.5. The second-order valence-corrected chi connectivity index (χ2v) is 11.2. The van der Waals surface area contributed by atoms with Gasteiger partial charge in [0.25, 0.3) is 0 Å². The molecule has 3 N–H and O–H groups in total. The molecule has 40 heavy (non-hydrogen) atoms. The lowest BCUT2D eigenvalue weighted by Crippen LogP contribution is -2.49. The molecule has 2 aromatic rings. The monoisotopic (exact) mass is 577 g/mol. The number of ether oxygens (including phenoxy) is 1. The van der Waals surface area contributed by atoms with E-state index in [9.17, 15) is 19.1 Å². The first-order valence-electron chi connectivity index (χ1n) is 13.8. The predicted molar refractivity (Wildman–Crippen MR) is 154 cm³/mol. The average Bonchev–Trinajstić information content (AvgIpc) is 2.95. The summed E-state index contributed by atoms with van der Waals surface area (Å²) in [5.41, 5.74) is 1.78. The molecule has 0 spiro atoms. The fourth-order valence-electron chi connectivity index (χ4n) is 4.83. The lowest BCUT2D eigenvalue weighted by Gasteiger charge is -2.29. The minimum atomic E-state index is -1.13. The number of methoxy groups -OCH3 is 1. The highest BCUT2D eigenvalue weighted by atomic mass is 35.5. The highest BCUT2D eigenvalue weighted by Gasteiger charge is 2.34. The third kappa shape index (κ3) is 8.84. The first-order chi connectivity index (χ1) is 19.1. The van der Waals surface area contributed by atoms with Gasteiger partial charge in [-0.05, 0) is 82.2 Å². The summed E-state index contributed by atoms with van der Waals surface area (Å²) in [6.45, 7) is 5.00. The number of alkyl halides is 1. The van der Waals surface area contributed by atoms with Crippen LogP contribution in [0, 0.1) is 0 Å². The number of carboxylic acid groups (broad SMARTS) is 1. The van der Waals surface area contributed by atoms with E-state index in [1.165, 1.54) is 18.9 Å². The quantitative estimate of drug-likeness (QED) is 0.256. The van der Waals surface area contributed by atoms with Crippen LogP contribution in [0.25, 0.3) is 0 Å². The number of carbonyl (C=O) groups excluding carboxylic acids is 1. The van der Waals surface area contributed by atoms with Crippen LogP contribution in [0.1, 0.15) is 56.4 Å². The van der Waals surface area contributed by atoms with Crippen LogP contribution in [0.3, 0.4) is 0 Å². The Morgan fingerprint density at radius 3 is 2.77 bits per heavy atom. The van der Waals surface area contributed by atoms with Gasteiger partial charge in [-0.3, -0.25) is 9.78 Å². The number of unbranched alkanes of at least 4 members (excludes halogenated alkanes) is 1. The van der Waals surface area contributed by atoms with Crippen LogP contribution in [-0.2, 0) is 32.6 Å². The summed E-state index contributed by atoms with van der Waals surface area (Å²) in [7, 11) is 1.46. The Balaban J connectivity index is 1.57. The molecule has 0 fully saturated rings. The van der Waals surface area contributed by atoms with E-state index in [0.29, 0.717) is 30.2 Å². The van der Waals surface area contributed by atoms with Gasteiger partial charge in [0.05, 0.1) is 16.5 Å². The molecule has 1 aliphatic heterocycles. The van der Waals surface area contributed by atoms with Gasteiger partial charge in [0.15, 0.2) is 0 Å². The van der Waals surface area contributed by atoms with Crippen molar-refractivity contribution < 1.29 is 23.8 Å². The molecule has 3 heterocycles. The number of hydrogen-bond donors (Lipinski definition) is 3. The lowest BCUT2D eigenvalue weighted by atomic mass is 9.84. The van der Waals surface area contributed by atoms with Crippen molar-refractivity contribution in [3.8, 4) is 0 Å². The van der Waals surface area contributed by atoms with E-state index in [2.05, 4.69) is 27.8 Å². The number of nitrogens with one attached hydrogen (secondary N) is 2. The number of carboxylic acids is 1. The molecule has 11 heteroatoms. The second kappa shape index (κ2) is 15.3. The summed E-state index contributed by atoms with van der Waals surface area (Å²) >= 11 is 6.25. The number of hydrogen-bond acceptors (Lipinski definition) is 7. The fraction of sp³-hybridized carbons (Fsp3) is 0.586. The number of amides is 1. The van der Waals surface area contributed by atoms with Crippen molar-refractivity contribution in [2.75, 3.05) is 45.3 Å². The van der Waals surface area contributed by atoms with Gasteiger partial charge in [0, 0.05) is 44.8 Å². The normalized spacial score (nSPS) is 14.8. The molecule has 0 bridgehead atoms. The number of fused-ring (bicyclic) bond motifs is 1. The minimum Gasteiger partial charge on any atom is -0.480 e. The van der Waals surface area contributed by atoms with Crippen LogP contribution in [0.15, 0.2) is 30.6 Å². The summed E-state index contributed by atoms with van der Waals surface area (Å²) in [6, 6.07) is 4.75. The number of halogens is 2. The molecule has 3 rings (SSSR count). The Kier molecular flexibility index (Phi) is 12.1. The molecule has 0 saturated heterocycles. The largest absolute Gasteiger partial charge is 0.480 e. The number of rotatable bonds is 16. The third-order valence-electron chi connectivity index (χ3n) is 7.43. The fourth-order valence-corrected chi connectivity index (χ4v) is 5.19. The van der Waals surface area contributed by atoms with Crippen molar-refractivity contribution in [1.82, 2.24) is 20.2 Å². The Morgan fingerprint density at radius 2 is 2.08 bits per heavy atom. The molecular weight excluding hydrogens is 537 g/mol. The molecule has 2 atom stereocenters. The SMILES string of the molecule is CO[C@H](CF)CN(CCCCc1ccc2c(n1)NCCC2)CC[C@H](NC(=O)C(C)(C)c1ccncc1Cl)C(=O)O. The molecule has 1 aliphatic rings. The van der Waals surface area contributed by atoms with Crippen molar-refractivity contribution in [2.24, 2.45) is 0 Å². The first-order valence-corrected chi connectivity index (χ1v) is 14.2. The highest BCUT2D eigenvalue weighted by molar-refractivity contribution is 6.31. The summed E-state index contributed by atoms with van der Waals surface area (Å²) in [5.74, 6) is -0.608. The summed E-state index contributed by atoms with van der Waals surface area (Å²) in [6.07, 6.45) is 7.23. The van der Waals surface area contributed by atoms with E-state index in [-0.39, 0.29) is 6.42 Å². The Labute approximate surface area is 240 Å². The van der Waals surface area contributed by atoms with Gasteiger partial charge in [0.1, 0.15) is 18.5 Å². The molecule has 220 valence electrons. The molecule has 0 aromatic carbocycles. The number of aromatic nitrogens is 2. The highest BCUT2D eigenvalue weighted by Crippen LogP contribution is 2.29. The number of aliphatic carboxylic acids is 1. The molecule has 1 amide bonds. The average molecular weight is 578 g/mol. The van der Waals surface area contributed by atoms with E-state index in [1.54, 1.807) is 26.1 Å². The predicted octanol–water partition coefficient (Wildman–Crippen LogP) is 4.03. The van der Waals surface area contributed by atoms with E-state index in [0.717, 1.165) is 50.2 Å². The van der Waals surface area contributed by atoms with Gasteiger partial charge in [0.2, 0.25) is 5.91 Å². The number of nitrogens with zero attached hydrogens (tertiary/aromatic N) is 3. The van der Waals surface area contributed by atoms with Crippen LogP contribution in [0.4, 0.5) is 10.2 Å². The van der Waals surface area contributed by atoms with Gasteiger partial charge < -0.3 is 25.4 Å². The molecule has 0 unspecified atom stereocenters. The molecule has 0 radical (unpaired) electrons. The van der Waals surface area contributed by atoms with Crippen molar-refractivity contribution >= 4 is 29.3 Å². The van der Waals surface area contributed by atoms with Crippen LogP contribution in [0.2, 0.25) is 5.02 Å². The zero-order valence-electron chi connectivity index (χ0n) is 23.6. The summed E-state index contributed by atoms with van der Waals surface area (Å²) in [4.78, 5) is 35.9. The number of anilines is 1. The summed E-state index contributed by atoms with van der Waals surface area (Å²) in [5, 5.41) is 16.2. The Hall–Kier alpha value is -2.82. The number of carbonyl (C=O) groups is 2. The standard InChI is InChI=1S/C29H41ClFN5O4/c1-29(2,23-11-14-32-18-24(23)30)28(39)35-25(27(37)38)12-16-36(19-22(17-31)40-3)15-5-4-8-21-10-9-20-7-6-13-33-26(20)34-21/h9-11,14,18,22,25H,4-8,12-13,15-17,19H2,1-3H3,(H,33,34)(H,35,39)(H,37,38)/t22-,25+/m1/s1. The zero-order chi connectivity index (χ0) is 29.1. The van der Waals surface area contributed by atoms with Gasteiger partial charge in [-0.1, -0.05) is 17.7 Å². The van der Waals surface area contributed by atoms with Crippen molar-refractivity contribution in [2.45, 2.75) is 69.9 Å². The summed E-state index contributed by atoms with van der Waals surface area (Å²) < 4.78 is 18.7. The van der Waals surface area contributed by atoms with Crippen molar-refractivity contribution in [3.05, 3.63) is 52.4 Å². The van der Waals surface area contributed by atoms with Gasteiger partial charge in [-0.2, -0.15) is 0 Å². The van der Waals surface area contributed by atoms with Crippen molar-refractivity contribution in [1.29, 1.82) is 0 Å². The zero-order valence-corrected chi connectivity index (χ0v) is 24.3. The molecule has 0 saturated carbocycles. The topological polar surface area (TPSA) is 117 Å². The molecular formula is C29H41ClFN5O4. The molecule has 9 nitrogen and oxygen atoms in total. The Morgan fingerprint density at radius 1 is 1.27 bits per heavy atom. The number of pyridine rings is 2. The van der Waals surface area contributed by atoms with E-state index < -0.39 is 36.1 Å². The maximum Gasteiger partial charge on any atom is 0.326 e. The van der Waals surface area contributed by atoms with E-state index in [1.807, 2.05) is 4.90 Å². The van der Waals surface area contributed by atoms with Gasteiger partial charge in [-0.25, -0.2) is 14.2 Å². The lowest BCUT2D eigenvalue weighted by molar-refractivity contribution is -0.143. The molecule has 0 aliphatic carbocycles.